The van der Waals surface area contributed by atoms with E-state index >= 15 is 0 Å². The maximum atomic E-state index is 10.8. The molecule has 4 heteroatoms. The number of esters is 1. The van der Waals surface area contributed by atoms with Gasteiger partial charge in [-0.15, -0.1) is 0 Å². The minimum absolute atomic E-state index is 0.334. The highest BCUT2D eigenvalue weighted by Crippen LogP contribution is 1.98. The topological polar surface area (TPSA) is 63.6 Å². The number of aliphatic carboxylic acids is 1. The number of rotatable bonds is 5. The summed E-state index contributed by atoms with van der Waals surface area (Å²) in [4.78, 5) is 20.7. The molecule has 4 nitrogen and oxygen atoms in total. The molecule has 0 saturated heterocycles. The average molecular weight is 230 g/mol. The van der Waals surface area contributed by atoms with Crippen LogP contribution in [0.5, 0.6) is 0 Å². The Labute approximate surface area is 97.3 Å². The van der Waals surface area contributed by atoms with E-state index in [0.717, 1.165) is 18.6 Å². The Bertz CT molecular complexity index is 219. The van der Waals surface area contributed by atoms with Crippen LogP contribution in [0.25, 0.3) is 0 Å². The number of hydrogen-bond acceptors (Lipinski definition) is 3. The number of hydrogen-bond donors (Lipinski definition) is 1. The van der Waals surface area contributed by atoms with Gasteiger partial charge in [-0.3, -0.25) is 0 Å². The van der Waals surface area contributed by atoms with Gasteiger partial charge in [0.1, 0.15) is 0 Å². The highest BCUT2D eigenvalue weighted by atomic mass is 16.5. The molecule has 0 amide bonds. The van der Waals surface area contributed by atoms with Crippen LogP contribution in [0, 0.1) is 5.92 Å². The molecule has 0 fully saturated rings. The Morgan fingerprint density at radius 2 is 1.75 bits per heavy atom. The zero-order valence-corrected chi connectivity index (χ0v) is 10.5. The van der Waals surface area contributed by atoms with Crippen molar-refractivity contribution >= 4 is 11.9 Å². The molecule has 0 saturated carbocycles. The van der Waals surface area contributed by atoms with Crippen molar-refractivity contribution in [1.29, 1.82) is 0 Å². The third-order valence-electron chi connectivity index (χ3n) is 1.30. The number of ether oxygens (including phenoxy) is 1. The molecule has 0 rings (SSSR count). The van der Waals surface area contributed by atoms with Gasteiger partial charge in [0.25, 0.3) is 0 Å². The SMILES string of the molecule is CC(C)CCOC(=O)C=CC(=O)O.CCC. The zero-order chi connectivity index (χ0) is 13.0. The Morgan fingerprint density at radius 1 is 1.25 bits per heavy atom. The summed E-state index contributed by atoms with van der Waals surface area (Å²) in [6.07, 6.45) is 3.70. The zero-order valence-electron chi connectivity index (χ0n) is 10.5. The molecule has 0 aliphatic heterocycles. The Morgan fingerprint density at radius 3 is 2.12 bits per heavy atom. The highest BCUT2D eigenvalue weighted by molar-refractivity contribution is 5.90. The van der Waals surface area contributed by atoms with Gasteiger partial charge in [0.15, 0.2) is 0 Å². The maximum Gasteiger partial charge on any atom is 0.331 e. The molecule has 0 aromatic heterocycles. The first kappa shape index (κ1) is 17.1. The molecule has 0 spiro atoms. The molecule has 16 heavy (non-hydrogen) atoms. The number of carboxylic acids is 1. The maximum absolute atomic E-state index is 10.8. The van der Waals surface area contributed by atoms with Crippen LogP contribution in [0.3, 0.4) is 0 Å². The van der Waals surface area contributed by atoms with Crippen LogP contribution in [-0.2, 0) is 14.3 Å². The molecular weight excluding hydrogens is 208 g/mol. The van der Waals surface area contributed by atoms with Crippen molar-refractivity contribution in [2.75, 3.05) is 6.61 Å². The van der Waals surface area contributed by atoms with Gasteiger partial charge in [0.05, 0.1) is 6.61 Å². The summed E-state index contributed by atoms with van der Waals surface area (Å²) in [5.74, 6) is -1.29. The van der Waals surface area contributed by atoms with Gasteiger partial charge in [0.2, 0.25) is 0 Å². The molecule has 0 atom stereocenters. The monoisotopic (exact) mass is 230 g/mol. The van der Waals surface area contributed by atoms with E-state index in [9.17, 15) is 9.59 Å². The van der Waals surface area contributed by atoms with Crippen LogP contribution in [0.15, 0.2) is 12.2 Å². The van der Waals surface area contributed by atoms with Gasteiger partial charge in [0, 0.05) is 12.2 Å². The largest absolute Gasteiger partial charge is 0.478 e. The van der Waals surface area contributed by atoms with Crippen molar-refractivity contribution in [3.63, 3.8) is 0 Å². The standard InChI is InChI=1S/C9H14O4.C3H8/c1-7(2)5-6-13-9(12)4-3-8(10)11;1-3-2/h3-4,7H,5-6H2,1-2H3,(H,10,11);3H2,1-2H3. The van der Waals surface area contributed by atoms with Crippen LogP contribution in [-0.4, -0.2) is 23.7 Å². The van der Waals surface area contributed by atoms with Crippen molar-refractivity contribution in [2.45, 2.75) is 40.5 Å². The normalized spacial score (nSPS) is 9.81. The molecule has 0 aromatic rings. The Balaban J connectivity index is 0. The van der Waals surface area contributed by atoms with E-state index in [1.54, 1.807) is 0 Å². The van der Waals surface area contributed by atoms with Crippen molar-refractivity contribution in [3.05, 3.63) is 12.2 Å². The molecule has 94 valence electrons. The van der Waals surface area contributed by atoms with E-state index in [0.29, 0.717) is 12.5 Å². The fourth-order valence-corrected chi connectivity index (χ4v) is 0.583. The lowest BCUT2D eigenvalue weighted by atomic mass is 10.1. The second kappa shape index (κ2) is 11.8. The van der Waals surface area contributed by atoms with Crippen molar-refractivity contribution < 1.29 is 19.4 Å². The molecular formula is C12H22O4. The van der Waals surface area contributed by atoms with Crippen LogP contribution in [0.2, 0.25) is 0 Å². The fraction of sp³-hybridized carbons (Fsp3) is 0.667. The molecule has 0 aliphatic carbocycles. The smallest absolute Gasteiger partial charge is 0.331 e. The first-order valence-electron chi connectivity index (χ1n) is 5.51. The summed E-state index contributed by atoms with van der Waals surface area (Å²) in [6, 6.07) is 0. The molecule has 1 N–H and O–H groups in total. The highest BCUT2D eigenvalue weighted by Gasteiger charge is 1.99. The van der Waals surface area contributed by atoms with Crippen LogP contribution in [0.1, 0.15) is 40.5 Å². The first-order valence-corrected chi connectivity index (χ1v) is 5.51. The summed E-state index contributed by atoms with van der Waals surface area (Å²) >= 11 is 0. The average Bonchev–Trinajstić information content (AvgIpc) is 2.15. The predicted molar refractivity (Wildman–Crippen MR) is 63.2 cm³/mol. The summed E-state index contributed by atoms with van der Waals surface area (Å²) in [5.41, 5.74) is 0. The van der Waals surface area contributed by atoms with E-state index in [-0.39, 0.29) is 0 Å². The quantitative estimate of drug-likeness (QED) is 0.582. The lowest BCUT2D eigenvalue weighted by molar-refractivity contribution is -0.139. The third kappa shape index (κ3) is 18.5. The molecule has 0 aliphatic rings. The first-order chi connectivity index (χ1) is 7.43. The van der Waals surface area contributed by atoms with Gasteiger partial charge in [-0.05, 0) is 12.3 Å². The van der Waals surface area contributed by atoms with Crippen LogP contribution >= 0.6 is 0 Å². The van der Waals surface area contributed by atoms with Crippen LogP contribution in [0.4, 0.5) is 0 Å². The minimum atomic E-state index is -1.15. The summed E-state index contributed by atoms with van der Waals surface area (Å²) in [6.45, 7) is 8.61. The van der Waals surface area contributed by atoms with Crippen molar-refractivity contribution in [3.8, 4) is 0 Å². The molecule has 0 heterocycles. The summed E-state index contributed by atoms with van der Waals surface area (Å²) in [7, 11) is 0. The van der Waals surface area contributed by atoms with Gasteiger partial charge in [-0.2, -0.15) is 0 Å². The molecule has 0 bridgehead atoms. The Kier molecular flexibility index (Phi) is 12.6. The molecule has 0 unspecified atom stereocenters. The number of carboxylic acid groups (broad SMARTS) is 1. The predicted octanol–water partition coefficient (Wildman–Crippen LogP) is 2.63. The fourth-order valence-electron chi connectivity index (χ4n) is 0.583. The third-order valence-corrected chi connectivity index (χ3v) is 1.30. The van der Waals surface area contributed by atoms with Gasteiger partial charge >= 0.3 is 11.9 Å². The van der Waals surface area contributed by atoms with Crippen molar-refractivity contribution in [1.82, 2.24) is 0 Å². The van der Waals surface area contributed by atoms with E-state index in [1.165, 1.54) is 6.42 Å². The minimum Gasteiger partial charge on any atom is -0.478 e. The molecule has 0 radical (unpaired) electrons. The van der Waals surface area contributed by atoms with E-state index in [4.69, 9.17) is 9.84 Å². The van der Waals surface area contributed by atoms with Gasteiger partial charge in [-0.25, -0.2) is 9.59 Å². The van der Waals surface area contributed by atoms with E-state index < -0.39 is 11.9 Å². The van der Waals surface area contributed by atoms with Gasteiger partial charge < -0.3 is 9.84 Å². The van der Waals surface area contributed by atoms with Crippen LogP contribution < -0.4 is 0 Å². The second-order valence-corrected chi connectivity index (χ2v) is 3.73. The lowest BCUT2D eigenvalue weighted by Crippen LogP contribution is -2.05. The van der Waals surface area contributed by atoms with Gasteiger partial charge in [-0.1, -0.05) is 34.1 Å². The number of carbonyl (C=O) groups excluding carboxylic acids is 1. The van der Waals surface area contributed by atoms with Crippen molar-refractivity contribution in [2.24, 2.45) is 5.92 Å². The number of carbonyl (C=O) groups is 2. The summed E-state index contributed by atoms with van der Waals surface area (Å²) < 4.78 is 4.71. The second-order valence-electron chi connectivity index (χ2n) is 3.73. The van der Waals surface area contributed by atoms with E-state index in [2.05, 4.69) is 13.8 Å². The van der Waals surface area contributed by atoms with E-state index in [1.807, 2.05) is 13.8 Å². The lowest BCUT2D eigenvalue weighted by Gasteiger charge is -2.03. The molecule has 0 aromatic carbocycles. The Hall–Kier alpha value is -1.32. The summed E-state index contributed by atoms with van der Waals surface area (Å²) in [5, 5.41) is 8.18.